The number of aryl methyl sites for hydroxylation is 3. The zero-order valence-corrected chi connectivity index (χ0v) is 16.7. The number of rotatable bonds is 6. The molecule has 1 aromatic carbocycles. The fourth-order valence-electron chi connectivity index (χ4n) is 3.00. The standard InChI is InChI=1S/C22H25N5O/c1-15-8-9-20(11-16(15)2)24-14-22(28)26-25-13-19-12-17(3)27(18(19)4)21-7-5-6-10-23-21/h5-13,24H,14H2,1-4H3,(H,26,28)/b25-13-. The van der Waals surface area contributed by atoms with Crippen LogP contribution < -0.4 is 10.7 Å². The predicted octanol–water partition coefficient (Wildman–Crippen LogP) is 3.67. The van der Waals surface area contributed by atoms with Crippen LogP contribution in [0, 0.1) is 27.7 Å². The summed E-state index contributed by atoms with van der Waals surface area (Å²) in [5.74, 6) is 0.659. The van der Waals surface area contributed by atoms with Crippen LogP contribution in [-0.4, -0.2) is 28.2 Å². The molecule has 0 bridgehead atoms. The van der Waals surface area contributed by atoms with Gasteiger partial charge in [-0.2, -0.15) is 5.10 Å². The van der Waals surface area contributed by atoms with Crippen LogP contribution in [0.15, 0.2) is 53.8 Å². The molecule has 6 nitrogen and oxygen atoms in total. The minimum absolute atomic E-state index is 0.160. The highest BCUT2D eigenvalue weighted by molar-refractivity contribution is 5.85. The van der Waals surface area contributed by atoms with Gasteiger partial charge in [0.05, 0.1) is 12.8 Å². The van der Waals surface area contributed by atoms with Crippen LogP contribution in [0.3, 0.4) is 0 Å². The third-order valence-corrected chi connectivity index (χ3v) is 4.70. The lowest BCUT2D eigenvalue weighted by Crippen LogP contribution is -2.25. The van der Waals surface area contributed by atoms with E-state index in [9.17, 15) is 4.79 Å². The van der Waals surface area contributed by atoms with Crippen LogP contribution in [0.2, 0.25) is 0 Å². The molecule has 0 fully saturated rings. The van der Waals surface area contributed by atoms with E-state index in [1.807, 2.05) is 63.2 Å². The van der Waals surface area contributed by atoms with Crippen LogP contribution in [0.1, 0.15) is 28.1 Å². The summed E-state index contributed by atoms with van der Waals surface area (Å²) in [5.41, 5.74) is 8.90. The molecule has 0 saturated carbocycles. The van der Waals surface area contributed by atoms with Crippen molar-refractivity contribution in [2.75, 3.05) is 11.9 Å². The number of nitrogens with one attached hydrogen (secondary N) is 2. The molecule has 0 aliphatic carbocycles. The van der Waals surface area contributed by atoms with Crippen LogP contribution in [0.25, 0.3) is 5.82 Å². The molecule has 2 aromatic heterocycles. The monoisotopic (exact) mass is 375 g/mol. The van der Waals surface area contributed by atoms with Gasteiger partial charge in [-0.1, -0.05) is 12.1 Å². The van der Waals surface area contributed by atoms with Crippen molar-refractivity contribution in [1.82, 2.24) is 15.0 Å². The molecule has 144 valence electrons. The number of carbonyl (C=O) groups excluding carboxylic acids is 1. The van der Waals surface area contributed by atoms with Gasteiger partial charge in [0.25, 0.3) is 5.91 Å². The Kier molecular flexibility index (Phi) is 5.89. The first kappa shape index (κ1) is 19.4. The normalized spacial score (nSPS) is 11.0. The average molecular weight is 375 g/mol. The Morgan fingerprint density at radius 2 is 1.93 bits per heavy atom. The lowest BCUT2D eigenvalue weighted by molar-refractivity contribution is -0.119. The van der Waals surface area contributed by atoms with Crippen molar-refractivity contribution < 1.29 is 4.79 Å². The molecule has 3 rings (SSSR count). The molecule has 0 unspecified atom stereocenters. The third-order valence-electron chi connectivity index (χ3n) is 4.70. The predicted molar refractivity (Wildman–Crippen MR) is 113 cm³/mol. The Balaban J connectivity index is 1.60. The number of aromatic nitrogens is 2. The van der Waals surface area contributed by atoms with Crippen LogP contribution >= 0.6 is 0 Å². The van der Waals surface area contributed by atoms with E-state index in [-0.39, 0.29) is 12.5 Å². The van der Waals surface area contributed by atoms with Crippen molar-refractivity contribution in [2.24, 2.45) is 5.10 Å². The molecule has 0 saturated heterocycles. The summed E-state index contributed by atoms with van der Waals surface area (Å²) in [5, 5.41) is 7.21. The summed E-state index contributed by atoms with van der Waals surface area (Å²) >= 11 is 0. The smallest absolute Gasteiger partial charge is 0.259 e. The van der Waals surface area contributed by atoms with E-state index in [4.69, 9.17) is 0 Å². The van der Waals surface area contributed by atoms with E-state index in [1.165, 1.54) is 11.1 Å². The largest absolute Gasteiger partial charge is 0.376 e. The van der Waals surface area contributed by atoms with Crippen molar-refractivity contribution in [3.63, 3.8) is 0 Å². The van der Waals surface area contributed by atoms with Crippen LogP contribution in [0.5, 0.6) is 0 Å². The molecule has 2 N–H and O–H groups in total. The zero-order valence-electron chi connectivity index (χ0n) is 16.7. The number of hydrogen-bond donors (Lipinski definition) is 2. The van der Waals surface area contributed by atoms with Gasteiger partial charge in [-0.3, -0.25) is 4.79 Å². The summed E-state index contributed by atoms with van der Waals surface area (Å²) < 4.78 is 2.06. The SMILES string of the molecule is Cc1ccc(NCC(=O)N/N=C\c2cc(C)n(-c3ccccn3)c2C)cc1C. The molecule has 0 radical (unpaired) electrons. The summed E-state index contributed by atoms with van der Waals surface area (Å²) in [4.78, 5) is 16.4. The maximum atomic E-state index is 12.0. The molecule has 0 aliphatic rings. The molecular weight excluding hydrogens is 350 g/mol. The lowest BCUT2D eigenvalue weighted by atomic mass is 10.1. The Hall–Kier alpha value is -3.41. The van der Waals surface area contributed by atoms with E-state index < -0.39 is 0 Å². The number of anilines is 1. The first-order valence-electron chi connectivity index (χ1n) is 9.19. The Bertz CT molecular complexity index is 1010. The summed E-state index contributed by atoms with van der Waals surface area (Å²) in [6.45, 7) is 8.29. The fraction of sp³-hybridized carbons (Fsp3) is 0.227. The minimum atomic E-state index is -0.201. The van der Waals surface area contributed by atoms with E-state index >= 15 is 0 Å². The van der Waals surface area contributed by atoms with Gasteiger partial charge in [0.2, 0.25) is 0 Å². The molecule has 0 aliphatic heterocycles. The van der Waals surface area contributed by atoms with E-state index in [0.29, 0.717) is 0 Å². The lowest BCUT2D eigenvalue weighted by Gasteiger charge is -2.08. The van der Waals surface area contributed by atoms with Gasteiger partial charge in [0.15, 0.2) is 0 Å². The van der Waals surface area contributed by atoms with Gasteiger partial charge < -0.3 is 9.88 Å². The van der Waals surface area contributed by atoms with Gasteiger partial charge in [-0.05, 0) is 69.2 Å². The Morgan fingerprint density at radius 1 is 1.11 bits per heavy atom. The molecule has 1 amide bonds. The first-order chi connectivity index (χ1) is 13.5. The molecule has 0 spiro atoms. The highest BCUT2D eigenvalue weighted by Crippen LogP contribution is 2.18. The molecule has 0 atom stereocenters. The highest BCUT2D eigenvalue weighted by atomic mass is 16.2. The molecule has 2 heterocycles. The maximum absolute atomic E-state index is 12.0. The Labute approximate surface area is 165 Å². The third kappa shape index (κ3) is 4.46. The summed E-state index contributed by atoms with van der Waals surface area (Å²) in [7, 11) is 0. The van der Waals surface area contributed by atoms with Crippen LogP contribution in [0.4, 0.5) is 5.69 Å². The maximum Gasteiger partial charge on any atom is 0.259 e. The second-order valence-corrected chi connectivity index (χ2v) is 6.80. The van der Waals surface area contributed by atoms with Crippen molar-refractivity contribution >= 4 is 17.8 Å². The number of benzene rings is 1. The van der Waals surface area contributed by atoms with Gasteiger partial charge in [0, 0.05) is 28.8 Å². The average Bonchev–Trinajstić information content (AvgIpc) is 2.97. The fourth-order valence-corrected chi connectivity index (χ4v) is 3.00. The van der Waals surface area contributed by atoms with Gasteiger partial charge in [-0.15, -0.1) is 0 Å². The Morgan fingerprint density at radius 3 is 2.64 bits per heavy atom. The molecule has 6 heteroatoms. The quantitative estimate of drug-likeness (QED) is 0.510. The van der Waals surface area contributed by atoms with Crippen LogP contribution in [-0.2, 0) is 4.79 Å². The number of nitrogens with zero attached hydrogens (tertiary/aromatic N) is 3. The van der Waals surface area contributed by atoms with E-state index in [0.717, 1.165) is 28.5 Å². The number of hydrogen-bond acceptors (Lipinski definition) is 4. The summed E-state index contributed by atoms with van der Waals surface area (Å²) in [6, 6.07) is 13.8. The number of pyridine rings is 1. The van der Waals surface area contributed by atoms with E-state index in [1.54, 1.807) is 12.4 Å². The molecule has 3 aromatic rings. The summed E-state index contributed by atoms with van der Waals surface area (Å²) in [6.07, 6.45) is 3.43. The number of hydrazone groups is 1. The van der Waals surface area contributed by atoms with Gasteiger partial charge in [-0.25, -0.2) is 10.4 Å². The molecule has 28 heavy (non-hydrogen) atoms. The van der Waals surface area contributed by atoms with Crippen molar-refractivity contribution in [3.8, 4) is 5.82 Å². The van der Waals surface area contributed by atoms with E-state index in [2.05, 4.69) is 32.3 Å². The van der Waals surface area contributed by atoms with Crippen molar-refractivity contribution in [1.29, 1.82) is 0 Å². The highest BCUT2D eigenvalue weighted by Gasteiger charge is 2.10. The van der Waals surface area contributed by atoms with Gasteiger partial charge >= 0.3 is 0 Å². The second kappa shape index (κ2) is 8.52. The van der Waals surface area contributed by atoms with Crippen molar-refractivity contribution in [3.05, 3.63) is 76.7 Å². The number of amides is 1. The zero-order chi connectivity index (χ0) is 20.1. The topological polar surface area (TPSA) is 71.3 Å². The minimum Gasteiger partial charge on any atom is -0.376 e. The van der Waals surface area contributed by atoms with Crippen molar-refractivity contribution in [2.45, 2.75) is 27.7 Å². The molecular formula is C22H25N5O. The number of carbonyl (C=O) groups is 1. The second-order valence-electron chi connectivity index (χ2n) is 6.80. The van der Waals surface area contributed by atoms with Gasteiger partial charge in [0.1, 0.15) is 5.82 Å². The first-order valence-corrected chi connectivity index (χ1v) is 9.19.